The Morgan fingerprint density at radius 1 is 1.02 bits per heavy atom. The first-order valence-electron chi connectivity index (χ1n) is 14.3. The molecule has 1 aliphatic rings. The average Bonchev–Trinajstić information content (AvgIpc) is 3.34. The zero-order chi connectivity index (χ0) is 31.2. The summed E-state index contributed by atoms with van der Waals surface area (Å²) in [5.74, 6) is 1.27. The van der Waals surface area contributed by atoms with E-state index in [1.807, 2.05) is 79.7 Å². The fourth-order valence-electron chi connectivity index (χ4n) is 5.15. The number of hydrogen-bond donors (Lipinski definition) is 0. The van der Waals surface area contributed by atoms with Crippen LogP contribution in [0.4, 0.5) is 0 Å². The average molecular weight is 725 g/mol. The Hall–Kier alpha value is -3.90. The maximum absolute atomic E-state index is 14.2. The van der Waals surface area contributed by atoms with Crippen LogP contribution in [0.3, 0.4) is 0 Å². The van der Waals surface area contributed by atoms with Crippen LogP contribution in [0.5, 0.6) is 17.2 Å². The maximum atomic E-state index is 14.2. The number of hydrogen-bond acceptors (Lipinski definition) is 8. The second-order valence-electron chi connectivity index (χ2n) is 9.96. The van der Waals surface area contributed by atoms with Crippen LogP contribution in [0.25, 0.3) is 6.08 Å². The molecule has 4 aromatic rings. The molecule has 10 heteroatoms. The standard InChI is InChI=1S/C34H33IN2O6S/c1-5-12-25-29(33(39)42-6-2)30(23-15-10-11-16-26(23)40-3)37-32(38)28(44-34(37)36-25)19-22-17-24(35)31(27(18-22)41-4)43-20-21-13-8-7-9-14-21/h7-11,13-19,30H,5-6,12,20H2,1-4H3/b28-19-. The molecule has 0 spiro atoms. The minimum atomic E-state index is -0.756. The number of methoxy groups -OCH3 is 2. The van der Waals surface area contributed by atoms with Gasteiger partial charge in [0.15, 0.2) is 16.3 Å². The highest BCUT2D eigenvalue weighted by Crippen LogP contribution is 2.37. The third-order valence-corrected chi connectivity index (χ3v) is 8.89. The fraction of sp³-hybridized carbons (Fsp3) is 0.265. The second-order valence-corrected chi connectivity index (χ2v) is 12.1. The number of rotatable bonds is 11. The van der Waals surface area contributed by atoms with E-state index in [4.69, 9.17) is 23.9 Å². The minimum absolute atomic E-state index is 0.205. The van der Waals surface area contributed by atoms with E-state index in [1.54, 1.807) is 25.7 Å². The van der Waals surface area contributed by atoms with E-state index in [1.165, 1.54) is 11.3 Å². The SMILES string of the molecule is CCCC1=C(C(=O)OCC)C(c2ccccc2OC)n2c(s/c(=C\c3cc(I)c(OCc4ccccc4)c(OC)c3)c2=O)=N1. The summed E-state index contributed by atoms with van der Waals surface area (Å²) in [6.45, 7) is 4.40. The zero-order valence-electron chi connectivity index (χ0n) is 25.0. The number of benzene rings is 3. The molecule has 1 atom stereocenters. The third-order valence-electron chi connectivity index (χ3n) is 7.10. The van der Waals surface area contributed by atoms with Crippen LogP contribution < -0.4 is 29.1 Å². The lowest BCUT2D eigenvalue weighted by atomic mass is 9.93. The van der Waals surface area contributed by atoms with E-state index < -0.39 is 12.0 Å². The topological polar surface area (TPSA) is 88.4 Å². The van der Waals surface area contributed by atoms with E-state index in [9.17, 15) is 9.59 Å². The summed E-state index contributed by atoms with van der Waals surface area (Å²) >= 11 is 3.50. The highest BCUT2D eigenvalue weighted by molar-refractivity contribution is 14.1. The Morgan fingerprint density at radius 2 is 1.75 bits per heavy atom. The molecule has 1 unspecified atom stereocenters. The van der Waals surface area contributed by atoms with Crippen molar-refractivity contribution in [2.75, 3.05) is 20.8 Å². The van der Waals surface area contributed by atoms with Gasteiger partial charge in [-0.1, -0.05) is 73.2 Å². The third kappa shape index (κ3) is 6.46. The zero-order valence-corrected chi connectivity index (χ0v) is 27.9. The van der Waals surface area contributed by atoms with Gasteiger partial charge < -0.3 is 18.9 Å². The number of carbonyl (C=O) groups is 1. The molecule has 0 N–H and O–H groups in total. The van der Waals surface area contributed by atoms with E-state index in [0.717, 1.165) is 21.1 Å². The van der Waals surface area contributed by atoms with Crippen molar-refractivity contribution >= 4 is 46.0 Å². The Balaban J connectivity index is 1.64. The highest BCUT2D eigenvalue weighted by atomic mass is 127. The molecule has 3 aromatic carbocycles. The summed E-state index contributed by atoms with van der Waals surface area (Å²) in [6, 6.07) is 20.4. The first-order chi connectivity index (χ1) is 21.4. The quantitative estimate of drug-likeness (QED) is 0.144. The number of fused-ring (bicyclic) bond motifs is 1. The van der Waals surface area contributed by atoms with Gasteiger partial charge in [-0.3, -0.25) is 9.36 Å². The molecule has 2 heterocycles. The Kier molecular flexibility index (Phi) is 10.2. The molecule has 0 aliphatic carbocycles. The molecule has 1 aromatic heterocycles. The van der Waals surface area contributed by atoms with E-state index in [2.05, 4.69) is 22.6 Å². The van der Waals surface area contributed by atoms with Gasteiger partial charge in [0.1, 0.15) is 18.4 Å². The van der Waals surface area contributed by atoms with Gasteiger partial charge in [0.2, 0.25) is 0 Å². The van der Waals surface area contributed by atoms with E-state index >= 15 is 0 Å². The number of para-hydroxylation sites is 1. The summed E-state index contributed by atoms with van der Waals surface area (Å²) in [6.07, 6.45) is 3.15. The van der Waals surface area contributed by atoms with Gasteiger partial charge in [-0.2, -0.15) is 0 Å². The fourth-order valence-corrected chi connectivity index (χ4v) is 6.95. The Bertz CT molecular complexity index is 1880. The molecule has 0 bridgehead atoms. The first-order valence-corrected chi connectivity index (χ1v) is 16.2. The van der Waals surface area contributed by atoms with Crippen molar-refractivity contribution < 1.29 is 23.7 Å². The lowest BCUT2D eigenvalue weighted by Crippen LogP contribution is -2.40. The first kappa shape index (κ1) is 31.5. The van der Waals surface area contributed by atoms with Crippen molar-refractivity contribution in [2.24, 2.45) is 4.99 Å². The second kappa shape index (κ2) is 14.3. The van der Waals surface area contributed by atoms with E-state index in [0.29, 0.717) is 56.4 Å². The van der Waals surface area contributed by atoms with Gasteiger partial charge >= 0.3 is 5.97 Å². The van der Waals surface area contributed by atoms with E-state index in [-0.39, 0.29) is 12.2 Å². The number of ether oxygens (including phenoxy) is 4. The number of halogens is 1. The predicted octanol–water partition coefficient (Wildman–Crippen LogP) is 5.78. The van der Waals surface area contributed by atoms with Gasteiger partial charge in [-0.25, -0.2) is 9.79 Å². The number of allylic oxidation sites excluding steroid dienone is 1. The van der Waals surface area contributed by atoms with Crippen LogP contribution >= 0.6 is 33.9 Å². The van der Waals surface area contributed by atoms with Gasteiger partial charge in [0, 0.05) is 5.56 Å². The molecule has 0 saturated heterocycles. The van der Waals surface area contributed by atoms with Crippen molar-refractivity contribution in [1.82, 2.24) is 4.57 Å². The van der Waals surface area contributed by atoms with Crippen LogP contribution in [0.2, 0.25) is 0 Å². The molecule has 0 amide bonds. The number of aromatic nitrogens is 1. The van der Waals surface area contributed by atoms with Crippen molar-refractivity contribution in [1.29, 1.82) is 0 Å². The van der Waals surface area contributed by atoms with Crippen LogP contribution in [0.15, 0.2) is 87.8 Å². The maximum Gasteiger partial charge on any atom is 0.338 e. The number of nitrogens with zero attached hydrogens (tertiary/aromatic N) is 2. The molecule has 44 heavy (non-hydrogen) atoms. The van der Waals surface area contributed by atoms with Crippen molar-refractivity contribution in [2.45, 2.75) is 39.3 Å². The summed E-state index contributed by atoms with van der Waals surface area (Å²) in [4.78, 5) is 33.0. The van der Waals surface area contributed by atoms with Gasteiger partial charge in [0.25, 0.3) is 5.56 Å². The normalized spacial score (nSPS) is 14.6. The number of thiazole rings is 1. The smallest absolute Gasteiger partial charge is 0.338 e. The molecule has 8 nitrogen and oxygen atoms in total. The largest absolute Gasteiger partial charge is 0.496 e. The molecule has 1 aliphatic heterocycles. The molecule has 5 rings (SSSR count). The number of esters is 1. The molecule has 0 fully saturated rings. The molecule has 228 valence electrons. The lowest BCUT2D eigenvalue weighted by molar-refractivity contribution is -0.139. The van der Waals surface area contributed by atoms with Gasteiger partial charge in [-0.15, -0.1) is 0 Å². The summed E-state index contributed by atoms with van der Waals surface area (Å²) in [7, 11) is 3.17. The molecule has 0 saturated carbocycles. The van der Waals surface area contributed by atoms with Gasteiger partial charge in [-0.05, 0) is 71.3 Å². The minimum Gasteiger partial charge on any atom is -0.496 e. The molecule has 0 radical (unpaired) electrons. The number of carbonyl (C=O) groups excluding carboxylic acids is 1. The van der Waals surface area contributed by atoms with Gasteiger partial charge in [0.05, 0.1) is 40.2 Å². The lowest BCUT2D eigenvalue weighted by Gasteiger charge is -2.26. The van der Waals surface area contributed by atoms with Crippen LogP contribution in [0, 0.1) is 3.57 Å². The Labute approximate surface area is 273 Å². The molecular weight excluding hydrogens is 691 g/mol. The van der Waals surface area contributed by atoms with Crippen molar-refractivity contribution in [3.63, 3.8) is 0 Å². The summed E-state index contributed by atoms with van der Waals surface area (Å²) in [5.41, 5.74) is 3.21. The van der Waals surface area contributed by atoms with Crippen LogP contribution in [0.1, 0.15) is 49.4 Å². The summed E-state index contributed by atoms with van der Waals surface area (Å²) in [5, 5.41) is 0. The monoisotopic (exact) mass is 724 g/mol. The summed E-state index contributed by atoms with van der Waals surface area (Å²) < 4.78 is 25.9. The predicted molar refractivity (Wildman–Crippen MR) is 179 cm³/mol. The molecular formula is C34H33IN2O6S. The van der Waals surface area contributed by atoms with Crippen LogP contribution in [-0.4, -0.2) is 31.4 Å². The van der Waals surface area contributed by atoms with Crippen LogP contribution in [-0.2, 0) is 16.1 Å². The highest BCUT2D eigenvalue weighted by Gasteiger charge is 2.35. The van der Waals surface area contributed by atoms with Crippen molar-refractivity contribution in [3.8, 4) is 17.2 Å². The Morgan fingerprint density at radius 3 is 2.45 bits per heavy atom. The van der Waals surface area contributed by atoms with Crippen molar-refractivity contribution in [3.05, 3.63) is 118 Å².